The minimum absolute atomic E-state index is 0.0421. The number of rotatable bonds is 3. The van der Waals surface area contributed by atoms with E-state index in [-0.39, 0.29) is 5.91 Å². The maximum Gasteiger partial charge on any atom is 0.243 e. The van der Waals surface area contributed by atoms with Gasteiger partial charge in [0.1, 0.15) is 0 Å². The molecule has 1 aliphatic rings. The monoisotopic (exact) mass is 308 g/mol. The van der Waals surface area contributed by atoms with Crippen molar-refractivity contribution in [2.45, 2.75) is 39.7 Å². The first-order chi connectivity index (χ1) is 11.0. The van der Waals surface area contributed by atoms with Gasteiger partial charge in [0.25, 0.3) is 0 Å². The van der Waals surface area contributed by atoms with Gasteiger partial charge in [0, 0.05) is 17.4 Å². The van der Waals surface area contributed by atoms with Gasteiger partial charge in [-0.25, -0.2) is 0 Å². The van der Waals surface area contributed by atoms with Crippen molar-refractivity contribution in [1.82, 2.24) is 0 Å². The topological polar surface area (TPSA) is 32.3 Å². The van der Waals surface area contributed by atoms with E-state index < -0.39 is 0 Å². The second-order valence-electron chi connectivity index (χ2n) is 6.51. The Morgan fingerprint density at radius 1 is 1.22 bits per heavy atom. The van der Waals surface area contributed by atoms with Crippen LogP contribution in [0.3, 0.4) is 0 Å². The number of aryl methyl sites for hydroxylation is 3. The number of hydrogen-bond acceptors (Lipinski definition) is 2. The molecule has 23 heavy (non-hydrogen) atoms. The van der Waals surface area contributed by atoms with Gasteiger partial charge < -0.3 is 10.2 Å². The highest BCUT2D eigenvalue weighted by Gasteiger charge is 2.24. The zero-order valence-electron chi connectivity index (χ0n) is 14.1. The van der Waals surface area contributed by atoms with Crippen LogP contribution in [0.1, 0.15) is 30.0 Å². The van der Waals surface area contributed by atoms with Crippen LogP contribution in [0.15, 0.2) is 42.5 Å². The molecule has 1 aliphatic heterocycles. The number of anilines is 2. The van der Waals surface area contributed by atoms with Crippen LogP contribution in [0.4, 0.5) is 11.4 Å². The van der Waals surface area contributed by atoms with Crippen LogP contribution in [0.2, 0.25) is 0 Å². The number of nitrogens with zero attached hydrogens (tertiary/aromatic N) is 1. The maximum atomic E-state index is 12.5. The Bertz CT molecular complexity index is 723. The normalized spacial score (nSPS) is 16.8. The molecule has 0 saturated carbocycles. The van der Waals surface area contributed by atoms with Crippen molar-refractivity contribution >= 4 is 17.3 Å². The lowest BCUT2D eigenvalue weighted by atomic mass is 9.96. The summed E-state index contributed by atoms with van der Waals surface area (Å²) in [5.74, 6) is 0.0421. The molecule has 1 heterocycles. The average Bonchev–Trinajstić information content (AvgIpc) is 2.53. The molecule has 2 aromatic rings. The highest BCUT2D eigenvalue weighted by atomic mass is 16.2. The molecule has 0 bridgehead atoms. The molecule has 0 aliphatic carbocycles. The summed E-state index contributed by atoms with van der Waals surface area (Å²) in [6, 6.07) is 14.9. The first-order valence-electron chi connectivity index (χ1n) is 8.26. The summed E-state index contributed by atoms with van der Waals surface area (Å²) in [5, 5.41) is 3.06. The number of carbonyl (C=O) groups is 1. The number of amides is 1. The minimum atomic E-state index is 0.0421. The SMILES string of the molecule is Cc1ccc(NC(=O)CN2c3ccccc3CC[C@H]2C)c(C)c1. The molecule has 0 unspecified atom stereocenters. The molecule has 3 nitrogen and oxygen atoms in total. The van der Waals surface area contributed by atoms with Crippen molar-refractivity contribution in [3.63, 3.8) is 0 Å². The largest absolute Gasteiger partial charge is 0.359 e. The molecule has 120 valence electrons. The minimum Gasteiger partial charge on any atom is -0.359 e. The van der Waals surface area contributed by atoms with Crippen molar-refractivity contribution in [2.24, 2.45) is 0 Å². The van der Waals surface area contributed by atoms with Gasteiger partial charge in [-0.15, -0.1) is 0 Å². The van der Waals surface area contributed by atoms with Crippen LogP contribution in [0.5, 0.6) is 0 Å². The van der Waals surface area contributed by atoms with Crippen LogP contribution >= 0.6 is 0 Å². The van der Waals surface area contributed by atoms with Gasteiger partial charge in [-0.2, -0.15) is 0 Å². The van der Waals surface area contributed by atoms with Gasteiger partial charge in [-0.1, -0.05) is 35.9 Å². The Hall–Kier alpha value is -2.29. The number of benzene rings is 2. The molecular formula is C20H24N2O. The van der Waals surface area contributed by atoms with E-state index in [1.165, 1.54) is 16.8 Å². The fraction of sp³-hybridized carbons (Fsp3) is 0.350. The summed E-state index contributed by atoms with van der Waals surface area (Å²) in [5.41, 5.74) is 5.75. The Morgan fingerprint density at radius 3 is 2.78 bits per heavy atom. The summed E-state index contributed by atoms with van der Waals surface area (Å²) in [4.78, 5) is 14.7. The van der Waals surface area contributed by atoms with E-state index in [0.717, 1.165) is 24.1 Å². The predicted octanol–water partition coefficient (Wildman–Crippen LogP) is 4.08. The molecule has 0 spiro atoms. The smallest absolute Gasteiger partial charge is 0.243 e. The second-order valence-corrected chi connectivity index (χ2v) is 6.51. The maximum absolute atomic E-state index is 12.5. The van der Waals surface area contributed by atoms with E-state index in [9.17, 15) is 4.79 Å². The van der Waals surface area contributed by atoms with E-state index in [2.05, 4.69) is 48.3 Å². The summed E-state index contributed by atoms with van der Waals surface area (Å²) in [6.45, 7) is 6.68. The summed E-state index contributed by atoms with van der Waals surface area (Å²) in [6.07, 6.45) is 2.18. The third-order valence-electron chi connectivity index (χ3n) is 4.63. The lowest BCUT2D eigenvalue weighted by Gasteiger charge is -2.36. The van der Waals surface area contributed by atoms with E-state index in [4.69, 9.17) is 0 Å². The highest BCUT2D eigenvalue weighted by molar-refractivity contribution is 5.95. The molecule has 3 heteroatoms. The van der Waals surface area contributed by atoms with Crippen molar-refractivity contribution in [1.29, 1.82) is 0 Å². The van der Waals surface area contributed by atoms with Gasteiger partial charge >= 0.3 is 0 Å². The first kappa shape index (κ1) is 15.6. The molecule has 0 saturated heterocycles. The number of para-hydroxylation sites is 1. The van der Waals surface area contributed by atoms with Crippen LogP contribution < -0.4 is 10.2 Å². The number of nitrogens with one attached hydrogen (secondary N) is 1. The third-order valence-corrected chi connectivity index (χ3v) is 4.63. The number of fused-ring (bicyclic) bond motifs is 1. The molecule has 3 rings (SSSR count). The van der Waals surface area contributed by atoms with Crippen molar-refractivity contribution < 1.29 is 4.79 Å². The molecule has 1 atom stereocenters. The molecule has 0 aromatic heterocycles. The predicted molar refractivity (Wildman–Crippen MR) is 96.1 cm³/mol. The van der Waals surface area contributed by atoms with Crippen molar-refractivity contribution in [3.05, 3.63) is 59.2 Å². The molecular weight excluding hydrogens is 284 g/mol. The Kier molecular flexibility index (Phi) is 4.37. The molecule has 2 aromatic carbocycles. The van der Waals surface area contributed by atoms with Crippen LogP contribution in [0, 0.1) is 13.8 Å². The van der Waals surface area contributed by atoms with Crippen LogP contribution in [-0.4, -0.2) is 18.5 Å². The van der Waals surface area contributed by atoms with E-state index in [0.29, 0.717) is 12.6 Å². The van der Waals surface area contributed by atoms with Crippen LogP contribution in [-0.2, 0) is 11.2 Å². The lowest BCUT2D eigenvalue weighted by molar-refractivity contribution is -0.115. The quantitative estimate of drug-likeness (QED) is 0.926. The molecule has 1 N–H and O–H groups in total. The molecule has 0 fully saturated rings. The highest BCUT2D eigenvalue weighted by Crippen LogP contribution is 2.30. The Morgan fingerprint density at radius 2 is 2.00 bits per heavy atom. The summed E-state index contributed by atoms with van der Waals surface area (Å²) >= 11 is 0. The van der Waals surface area contributed by atoms with Crippen molar-refractivity contribution in [3.8, 4) is 0 Å². The van der Waals surface area contributed by atoms with Gasteiger partial charge in [0.2, 0.25) is 5.91 Å². The second kappa shape index (κ2) is 6.45. The van der Waals surface area contributed by atoms with E-state index >= 15 is 0 Å². The van der Waals surface area contributed by atoms with Crippen molar-refractivity contribution in [2.75, 3.05) is 16.8 Å². The Labute approximate surface area is 138 Å². The zero-order chi connectivity index (χ0) is 16.4. The van der Waals surface area contributed by atoms with Gasteiger partial charge in [0.05, 0.1) is 6.54 Å². The number of hydrogen-bond donors (Lipinski definition) is 1. The number of carbonyl (C=O) groups excluding carboxylic acids is 1. The average molecular weight is 308 g/mol. The summed E-state index contributed by atoms with van der Waals surface area (Å²) < 4.78 is 0. The fourth-order valence-electron chi connectivity index (χ4n) is 3.30. The Balaban J connectivity index is 1.75. The molecule has 1 amide bonds. The summed E-state index contributed by atoms with van der Waals surface area (Å²) in [7, 11) is 0. The first-order valence-corrected chi connectivity index (χ1v) is 8.26. The van der Waals surface area contributed by atoms with E-state index in [1.54, 1.807) is 0 Å². The van der Waals surface area contributed by atoms with Gasteiger partial charge in [0.15, 0.2) is 0 Å². The lowest BCUT2D eigenvalue weighted by Crippen LogP contribution is -2.42. The third kappa shape index (κ3) is 3.39. The van der Waals surface area contributed by atoms with Gasteiger partial charge in [-0.3, -0.25) is 4.79 Å². The fourth-order valence-corrected chi connectivity index (χ4v) is 3.30. The van der Waals surface area contributed by atoms with Gasteiger partial charge in [-0.05, 0) is 56.9 Å². The van der Waals surface area contributed by atoms with Crippen LogP contribution in [0.25, 0.3) is 0 Å². The standard InChI is InChI=1S/C20H24N2O/c1-14-8-11-18(15(2)12-14)21-20(23)13-22-16(3)9-10-17-6-4-5-7-19(17)22/h4-8,11-12,16H,9-10,13H2,1-3H3,(H,21,23)/t16-/m1/s1. The van der Waals surface area contributed by atoms with E-state index in [1.807, 2.05) is 25.1 Å². The zero-order valence-corrected chi connectivity index (χ0v) is 14.1. The molecule has 0 radical (unpaired) electrons.